The topological polar surface area (TPSA) is 68.2 Å². The molecule has 6 nitrogen and oxygen atoms in total. The minimum atomic E-state index is -0.261. The van der Waals surface area contributed by atoms with E-state index < -0.39 is 0 Å². The molecule has 2 bridgehead atoms. The van der Waals surface area contributed by atoms with Crippen molar-refractivity contribution in [2.45, 2.75) is 13.0 Å². The average Bonchev–Trinajstić information content (AvgIpc) is 3.62. The van der Waals surface area contributed by atoms with Crippen molar-refractivity contribution in [2.75, 3.05) is 7.11 Å². The number of benzene rings is 2. The van der Waals surface area contributed by atoms with Crippen LogP contribution >= 0.6 is 45.8 Å². The van der Waals surface area contributed by atoms with Crippen LogP contribution < -0.4 is 9.47 Å². The summed E-state index contributed by atoms with van der Waals surface area (Å²) in [6.45, 7) is 0.244. The molecule has 0 N–H and O–H groups in total. The lowest BCUT2D eigenvalue weighted by atomic mass is 9.63. The molecule has 35 heavy (non-hydrogen) atoms. The lowest BCUT2D eigenvalue weighted by Crippen LogP contribution is -2.40. The molecule has 0 spiro atoms. The van der Waals surface area contributed by atoms with Crippen LogP contribution in [0.4, 0.5) is 0 Å². The molecular weight excluding hydrogens is 602 g/mol. The molecule has 0 aromatic heterocycles. The van der Waals surface area contributed by atoms with Gasteiger partial charge in [0.2, 0.25) is 0 Å². The fourth-order valence-corrected chi connectivity index (χ4v) is 7.17. The van der Waals surface area contributed by atoms with Gasteiger partial charge < -0.3 is 9.47 Å². The summed E-state index contributed by atoms with van der Waals surface area (Å²) >= 11 is 14.4. The Morgan fingerprint density at radius 2 is 1.77 bits per heavy atom. The SMILES string of the molecule is COc1cc(/C=N\N2C(=O)[C@@H]3[C@H]4C=C[C@@H]([C@@H]5C[C@@H]45)[C@H]3C2=O)cc(I)c1OCc1ccc(Cl)cc1Cl. The predicted molar refractivity (Wildman–Crippen MR) is 141 cm³/mol. The summed E-state index contributed by atoms with van der Waals surface area (Å²) in [6.07, 6.45) is 6.98. The third-order valence-electron chi connectivity index (χ3n) is 7.60. The Morgan fingerprint density at radius 3 is 2.40 bits per heavy atom. The van der Waals surface area contributed by atoms with Crippen molar-refractivity contribution in [3.63, 3.8) is 0 Å². The fourth-order valence-electron chi connectivity index (χ4n) is 5.92. The molecule has 6 atom stereocenters. The van der Waals surface area contributed by atoms with Gasteiger partial charge in [0.1, 0.15) is 6.61 Å². The molecule has 2 saturated carbocycles. The lowest BCUT2D eigenvalue weighted by Gasteiger charge is -2.37. The van der Waals surface area contributed by atoms with Gasteiger partial charge in [-0.05, 0) is 82.5 Å². The minimum absolute atomic E-state index is 0.178. The Kier molecular flexibility index (Phi) is 5.85. The molecule has 0 radical (unpaired) electrons. The molecule has 5 aliphatic rings. The van der Waals surface area contributed by atoms with Gasteiger partial charge >= 0.3 is 0 Å². The van der Waals surface area contributed by atoms with Crippen molar-refractivity contribution in [1.82, 2.24) is 5.01 Å². The minimum Gasteiger partial charge on any atom is -0.493 e. The van der Waals surface area contributed by atoms with E-state index in [1.165, 1.54) is 6.21 Å². The van der Waals surface area contributed by atoms with Gasteiger partial charge in [-0.15, -0.1) is 0 Å². The second-order valence-corrected chi connectivity index (χ2v) is 11.5. The number of amides is 2. The van der Waals surface area contributed by atoms with E-state index in [4.69, 9.17) is 32.7 Å². The maximum atomic E-state index is 13.1. The number of imide groups is 1. The largest absolute Gasteiger partial charge is 0.493 e. The van der Waals surface area contributed by atoms with Gasteiger partial charge in [0, 0.05) is 15.6 Å². The number of allylic oxidation sites excluding steroid dienone is 2. The van der Waals surface area contributed by atoms with Crippen LogP contribution in [0.3, 0.4) is 0 Å². The number of nitrogens with zero attached hydrogens (tertiary/aromatic N) is 2. The van der Waals surface area contributed by atoms with Gasteiger partial charge in [-0.25, -0.2) is 0 Å². The summed E-state index contributed by atoms with van der Waals surface area (Å²) in [4.78, 5) is 26.3. The summed E-state index contributed by atoms with van der Waals surface area (Å²) in [6, 6.07) is 8.88. The number of hydrazone groups is 1. The molecule has 0 unspecified atom stereocenters. The highest BCUT2D eigenvalue weighted by molar-refractivity contribution is 14.1. The fraction of sp³-hybridized carbons (Fsp3) is 0.346. The standard InChI is InChI=1S/C26H21Cl2IN2O4/c1-34-21-7-12(6-20(29)24(21)35-11-13-2-3-14(27)8-19(13)28)10-30-31-25(32)22-15-4-5-16(18-9-17(15)18)23(22)26(31)33/h2-8,10,15-18,22-23H,9,11H2,1H3/b30-10-/t15-,16-,17-,18-,22+,23+/m0/s1. The predicted octanol–water partition coefficient (Wildman–Crippen LogP) is 5.57. The molecule has 9 heteroatoms. The van der Waals surface area contributed by atoms with Crippen LogP contribution in [0, 0.1) is 39.1 Å². The number of carbonyl (C=O) groups excluding carboxylic acids is 2. The number of methoxy groups -OCH3 is 1. The number of carbonyl (C=O) groups is 2. The Morgan fingerprint density at radius 1 is 1.09 bits per heavy atom. The lowest BCUT2D eigenvalue weighted by molar-refractivity contribution is -0.140. The Labute approximate surface area is 226 Å². The van der Waals surface area contributed by atoms with E-state index in [1.807, 2.05) is 12.1 Å². The zero-order chi connectivity index (χ0) is 24.4. The highest BCUT2D eigenvalue weighted by Gasteiger charge is 2.67. The van der Waals surface area contributed by atoms with Gasteiger partial charge in [0.15, 0.2) is 11.5 Å². The third-order valence-corrected chi connectivity index (χ3v) is 8.99. The number of hydrogen-bond acceptors (Lipinski definition) is 5. The zero-order valence-corrected chi connectivity index (χ0v) is 22.3. The molecule has 1 heterocycles. The van der Waals surface area contributed by atoms with Crippen LogP contribution in [-0.2, 0) is 16.2 Å². The van der Waals surface area contributed by atoms with E-state index in [9.17, 15) is 9.59 Å². The van der Waals surface area contributed by atoms with E-state index in [2.05, 4.69) is 39.8 Å². The molecule has 4 aliphatic carbocycles. The monoisotopic (exact) mass is 622 g/mol. The first-order valence-electron chi connectivity index (χ1n) is 11.4. The second-order valence-electron chi connectivity index (χ2n) is 9.45. The van der Waals surface area contributed by atoms with Gasteiger partial charge in [0.25, 0.3) is 11.8 Å². The van der Waals surface area contributed by atoms with Crippen LogP contribution in [0.5, 0.6) is 11.5 Å². The van der Waals surface area contributed by atoms with Gasteiger partial charge in [-0.3, -0.25) is 9.59 Å². The van der Waals surface area contributed by atoms with E-state index in [0.717, 1.165) is 20.6 Å². The summed E-state index contributed by atoms with van der Waals surface area (Å²) in [5, 5.41) is 6.49. The smallest absolute Gasteiger partial charge is 0.254 e. The van der Waals surface area contributed by atoms with Crippen molar-refractivity contribution in [3.8, 4) is 11.5 Å². The summed E-state index contributed by atoms with van der Waals surface area (Å²) in [7, 11) is 1.56. The number of halogens is 3. The molecule has 2 aromatic rings. The second kappa shape index (κ2) is 8.78. The van der Waals surface area contributed by atoms with Gasteiger partial charge in [-0.1, -0.05) is 41.4 Å². The molecule has 3 fully saturated rings. The first-order valence-corrected chi connectivity index (χ1v) is 13.2. The summed E-state index contributed by atoms with van der Waals surface area (Å²) < 4.78 is 12.4. The van der Waals surface area contributed by atoms with Crippen molar-refractivity contribution in [2.24, 2.45) is 40.6 Å². The van der Waals surface area contributed by atoms with E-state index in [1.54, 1.807) is 25.3 Å². The molecule has 1 saturated heterocycles. The van der Waals surface area contributed by atoms with Gasteiger partial charge in [-0.2, -0.15) is 10.1 Å². The highest BCUT2D eigenvalue weighted by atomic mass is 127. The molecule has 2 aromatic carbocycles. The quantitative estimate of drug-likeness (QED) is 0.183. The van der Waals surface area contributed by atoms with Crippen LogP contribution in [0.1, 0.15) is 17.5 Å². The summed E-state index contributed by atoms with van der Waals surface area (Å²) in [5.41, 5.74) is 1.50. The first kappa shape index (κ1) is 23.3. The zero-order valence-electron chi connectivity index (χ0n) is 18.7. The average molecular weight is 623 g/mol. The van der Waals surface area contributed by atoms with Crippen LogP contribution in [0.2, 0.25) is 10.0 Å². The maximum absolute atomic E-state index is 13.1. The van der Waals surface area contributed by atoms with E-state index in [0.29, 0.717) is 38.9 Å². The Hall–Kier alpha value is -2.10. The molecule has 2 amide bonds. The first-order chi connectivity index (χ1) is 16.9. The molecule has 180 valence electrons. The molecule has 1 aliphatic heterocycles. The number of hydrogen-bond donors (Lipinski definition) is 0. The van der Waals surface area contributed by atoms with E-state index in [-0.39, 0.29) is 42.1 Å². The van der Waals surface area contributed by atoms with Crippen molar-refractivity contribution in [1.29, 1.82) is 0 Å². The van der Waals surface area contributed by atoms with Crippen molar-refractivity contribution in [3.05, 3.63) is 67.2 Å². The van der Waals surface area contributed by atoms with Crippen molar-refractivity contribution < 1.29 is 19.1 Å². The van der Waals surface area contributed by atoms with Gasteiger partial charge in [0.05, 0.1) is 28.7 Å². The Balaban J connectivity index is 1.21. The number of ether oxygens (including phenoxy) is 2. The summed E-state index contributed by atoms with van der Waals surface area (Å²) in [5.74, 6) is 1.69. The van der Waals surface area contributed by atoms with E-state index >= 15 is 0 Å². The van der Waals surface area contributed by atoms with Crippen molar-refractivity contribution >= 4 is 63.8 Å². The van der Waals surface area contributed by atoms with Crippen LogP contribution in [0.25, 0.3) is 0 Å². The third kappa shape index (κ3) is 3.86. The maximum Gasteiger partial charge on any atom is 0.254 e. The van der Waals surface area contributed by atoms with Crippen LogP contribution in [0.15, 0.2) is 47.6 Å². The Bertz CT molecular complexity index is 1280. The molecule has 7 rings (SSSR count). The molecular formula is C26H21Cl2IN2O4. The highest BCUT2D eigenvalue weighted by Crippen LogP contribution is 2.65. The number of rotatable bonds is 6. The van der Waals surface area contributed by atoms with Crippen LogP contribution in [-0.4, -0.2) is 30.1 Å². The normalized spacial score (nSPS) is 30.1.